The summed E-state index contributed by atoms with van der Waals surface area (Å²) in [6.45, 7) is 5.77. The Morgan fingerprint density at radius 1 is 1.35 bits per heavy atom. The maximum absolute atomic E-state index is 12.4. The molecule has 2 aromatic rings. The molecule has 3 rings (SSSR count). The Labute approximate surface area is 153 Å². The molecule has 1 unspecified atom stereocenters. The summed E-state index contributed by atoms with van der Waals surface area (Å²) in [5.41, 5.74) is -0.338. The van der Waals surface area contributed by atoms with E-state index in [0.29, 0.717) is 18.4 Å². The van der Waals surface area contributed by atoms with Crippen LogP contribution >= 0.6 is 0 Å². The van der Waals surface area contributed by atoms with Gasteiger partial charge in [-0.1, -0.05) is 20.3 Å². The van der Waals surface area contributed by atoms with Crippen LogP contribution in [-0.4, -0.2) is 44.2 Å². The Hall–Kier alpha value is -2.38. The molecule has 26 heavy (non-hydrogen) atoms. The maximum Gasteiger partial charge on any atom is 0.352 e. The molecule has 2 aromatic heterocycles. The predicted octanol–water partition coefficient (Wildman–Crippen LogP) is 1.58. The van der Waals surface area contributed by atoms with Gasteiger partial charge in [0.2, 0.25) is 5.91 Å². The summed E-state index contributed by atoms with van der Waals surface area (Å²) in [6, 6.07) is 2.35. The van der Waals surface area contributed by atoms with Crippen molar-refractivity contribution in [1.29, 1.82) is 0 Å². The Bertz CT molecular complexity index is 812. The van der Waals surface area contributed by atoms with Gasteiger partial charge in [0.1, 0.15) is 12.4 Å². The zero-order valence-corrected chi connectivity index (χ0v) is 15.6. The summed E-state index contributed by atoms with van der Waals surface area (Å²) in [6.07, 6.45) is 8.29. The standard InChI is InChI=1S/C18H28N6O2/c1-3-5-10-19-16(25)13-24-18(26)23-12-9-15(20-17(23)21-24)22-11-7-6-8-14(22)4-2/h9,12,14H,3-8,10-11,13H2,1-2H3,(H,19,25). The molecular formula is C18H28N6O2. The van der Waals surface area contributed by atoms with E-state index in [1.54, 1.807) is 6.20 Å². The molecule has 1 N–H and O–H groups in total. The van der Waals surface area contributed by atoms with Crippen LogP contribution in [-0.2, 0) is 11.3 Å². The molecule has 8 nitrogen and oxygen atoms in total. The predicted molar refractivity (Wildman–Crippen MR) is 100 cm³/mol. The quantitative estimate of drug-likeness (QED) is 0.758. The van der Waals surface area contributed by atoms with Gasteiger partial charge in [-0.15, -0.1) is 5.10 Å². The highest BCUT2D eigenvalue weighted by molar-refractivity contribution is 5.75. The van der Waals surface area contributed by atoms with Crippen LogP contribution < -0.4 is 15.9 Å². The molecule has 0 aliphatic carbocycles. The number of nitrogens with zero attached hydrogens (tertiary/aromatic N) is 5. The molecule has 0 saturated carbocycles. The van der Waals surface area contributed by atoms with Crippen molar-refractivity contribution in [2.45, 2.75) is 65.0 Å². The number of hydrogen-bond acceptors (Lipinski definition) is 5. The minimum atomic E-state index is -0.338. The number of aromatic nitrogens is 4. The van der Waals surface area contributed by atoms with Crippen LogP contribution in [0, 0.1) is 0 Å². The Morgan fingerprint density at radius 3 is 2.96 bits per heavy atom. The van der Waals surface area contributed by atoms with Gasteiger partial charge in [0, 0.05) is 25.3 Å². The van der Waals surface area contributed by atoms with Crippen molar-refractivity contribution in [2.75, 3.05) is 18.0 Å². The van der Waals surface area contributed by atoms with Crippen LogP contribution in [0.3, 0.4) is 0 Å². The Kier molecular flexibility index (Phi) is 5.90. The number of unbranched alkanes of at least 4 members (excludes halogenated alkanes) is 1. The van der Waals surface area contributed by atoms with Crippen molar-refractivity contribution in [3.63, 3.8) is 0 Å². The molecule has 0 spiro atoms. The molecular weight excluding hydrogens is 332 g/mol. The number of hydrogen-bond donors (Lipinski definition) is 1. The third-order valence-corrected chi connectivity index (χ3v) is 4.98. The van der Waals surface area contributed by atoms with E-state index in [1.807, 2.05) is 6.07 Å². The van der Waals surface area contributed by atoms with E-state index >= 15 is 0 Å². The first-order chi connectivity index (χ1) is 12.6. The molecule has 0 bridgehead atoms. The highest BCUT2D eigenvalue weighted by atomic mass is 16.2. The van der Waals surface area contributed by atoms with Crippen LogP contribution in [0.15, 0.2) is 17.1 Å². The molecule has 1 saturated heterocycles. The van der Waals surface area contributed by atoms with Crippen LogP contribution in [0.5, 0.6) is 0 Å². The third kappa shape index (κ3) is 3.89. The molecule has 0 aromatic carbocycles. The second kappa shape index (κ2) is 8.33. The molecule has 1 fully saturated rings. The number of carbonyl (C=O) groups is 1. The van der Waals surface area contributed by atoms with Gasteiger partial charge < -0.3 is 10.2 Å². The monoisotopic (exact) mass is 360 g/mol. The summed E-state index contributed by atoms with van der Waals surface area (Å²) in [7, 11) is 0. The number of amides is 1. The van der Waals surface area contributed by atoms with Gasteiger partial charge in [0.15, 0.2) is 0 Å². The first-order valence-electron chi connectivity index (χ1n) is 9.63. The maximum atomic E-state index is 12.4. The van der Waals surface area contributed by atoms with Gasteiger partial charge in [0.25, 0.3) is 5.78 Å². The van der Waals surface area contributed by atoms with E-state index in [4.69, 9.17) is 0 Å². The van der Waals surface area contributed by atoms with Gasteiger partial charge in [-0.25, -0.2) is 13.9 Å². The lowest BCUT2D eigenvalue weighted by atomic mass is 10.0. The fourth-order valence-corrected chi connectivity index (χ4v) is 3.48. The second-order valence-electron chi connectivity index (χ2n) is 6.85. The molecule has 1 aliphatic heterocycles. The third-order valence-electron chi connectivity index (χ3n) is 4.98. The minimum Gasteiger partial charge on any atom is -0.354 e. The van der Waals surface area contributed by atoms with Crippen molar-refractivity contribution in [3.05, 3.63) is 22.7 Å². The first-order valence-corrected chi connectivity index (χ1v) is 9.63. The lowest BCUT2D eigenvalue weighted by Gasteiger charge is -2.36. The average molecular weight is 360 g/mol. The Balaban J connectivity index is 1.80. The molecule has 142 valence electrons. The fourth-order valence-electron chi connectivity index (χ4n) is 3.48. The van der Waals surface area contributed by atoms with E-state index in [2.05, 4.69) is 34.1 Å². The molecule has 1 atom stereocenters. The van der Waals surface area contributed by atoms with E-state index < -0.39 is 0 Å². The van der Waals surface area contributed by atoms with Gasteiger partial charge in [-0.05, 0) is 38.2 Å². The number of rotatable bonds is 7. The van der Waals surface area contributed by atoms with Crippen molar-refractivity contribution in [2.24, 2.45) is 0 Å². The SMILES string of the molecule is CCCCNC(=O)Cn1nc2nc(N3CCCCC3CC)ccn2c1=O. The van der Waals surface area contributed by atoms with Crippen molar-refractivity contribution in [1.82, 2.24) is 24.5 Å². The average Bonchev–Trinajstić information content (AvgIpc) is 2.97. The minimum absolute atomic E-state index is 0.0808. The zero-order chi connectivity index (χ0) is 18.5. The number of piperidine rings is 1. The summed E-state index contributed by atoms with van der Waals surface area (Å²) in [5, 5.41) is 7.06. The number of fused-ring (bicyclic) bond motifs is 1. The van der Waals surface area contributed by atoms with E-state index in [1.165, 1.54) is 21.9 Å². The lowest BCUT2D eigenvalue weighted by molar-refractivity contribution is -0.121. The first kappa shape index (κ1) is 18.4. The van der Waals surface area contributed by atoms with Gasteiger partial charge in [-0.3, -0.25) is 4.79 Å². The second-order valence-corrected chi connectivity index (χ2v) is 6.85. The van der Waals surface area contributed by atoms with Crippen molar-refractivity contribution in [3.8, 4) is 0 Å². The smallest absolute Gasteiger partial charge is 0.352 e. The highest BCUT2D eigenvalue weighted by Gasteiger charge is 2.23. The zero-order valence-electron chi connectivity index (χ0n) is 15.6. The van der Waals surface area contributed by atoms with E-state index in [9.17, 15) is 9.59 Å². The molecule has 3 heterocycles. The summed E-state index contributed by atoms with van der Waals surface area (Å²) in [4.78, 5) is 31.3. The van der Waals surface area contributed by atoms with Gasteiger partial charge >= 0.3 is 5.69 Å². The Morgan fingerprint density at radius 2 is 2.19 bits per heavy atom. The van der Waals surface area contributed by atoms with Crippen molar-refractivity contribution < 1.29 is 4.79 Å². The molecule has 1 aliphatic rings. The summed E-state index contributed by atoms with van der Waals surface area (Å²) >= 11 is 0. The molecule has 0 radical (unpaired) electrons. The van der Waals surface area contributed by atoms with Gasteiger partial charge in [0.05, 0.1) is 0 Å². The van der Waals surface area contributed by atoms with Crippen LogP contribution in [0.2, 0.25) is 0 Å². The van der Waals surface area contributed by atoms with Gasteiger partial charge in [-0.2, -0.15) is 4.98 Å². The molecule has 1 amide bonds. The fraction of sp³-hybridized carbons (Fsp3) is 0.667. The number of carbonyl (C=O) groups excluding carboxylic acids is 1. The van der Waals surface area contributed by atoms with Crippen LogP contribution in [0.1, 0.15) is 52.4 Å². The van der Waals surface area contributed by atoms with Crippen LogP contribution in [0.4, 0.5) is 5.82 Å². The lowest BCUT2D eigenvalue weighted by Crippen LogP contribution is -2.39. The highest BCUT2D eigenvalue weighted by Crippen LogP contribution is 2.24. The van der Waals surface area contributed by atoms with Crippen LogP contribution in [0.25, 0.3) is 5.78 Å². The van der Waals surface area contributed by atoms with Crippen molar-refractivity contribution >= 4 is 17.5 Å². The largest absolute Gasteiger partial charge is 0.354 e. The van der Waals surface area contributed by atoms with E-state index in [-0.39, 0.29) is 18.1 Å². The van der Waals surface area contributed by atoms with E-state index in [0.717, 1.165) is 38.0 Å². The number of anilines is 1. The number of nitrogens with one attached hydrogen (secondary N) is 1. The summed E-state index contributed by atoms with van der Waals surface area (Å²) < 4.78 is 2.58. The normalized spacial score (nSPS) is 17.6. The topological polar surface area (TPSA) is 84.5 Å². The summed E-state index contributed by atoms with van der Waals surface area (Å²) in [5.74, 6) is 0.995. The molecule has 8 heteroatoms.